The number of benzene rings is 4. The first-order valence-electron chi connectivity index (χ1n) is 18.6. The van der Waals surface area contributed by atoms with Gasteiger partial charge in [0, 0.05) is 38.4 Å². The molecule has 0 saturated carbocycles. The molecule has 11 heteroatoms. The Morgan fingerprint density at radius 3 is 1.63 bits per heavy atom. The highest BCUT2D eigenvalue weighted by Crippen LogP contribution is 2.24. The van der Waals surface area contributed by atoms with Gasteiger partial charge in [0.05, 0.1) is 12.6 Å². The Hall–Kier alpha value is -5.81. The maximum absolute atomic E-state index is 14.4. The smallest absolute Gasteiger partial charge is 0.226 e. The van der Waals surface area contributed by atoms with Crippen LogP contribution in [-0.2, 0) is 27.3 Å². The summed E-state index contributed by atoms with van der Waals surface area (Å²) in [7, 11) is 0. The van der Waals surface area contributed by atoms with E-state index in [0.29, 0.717) is 45.2 Å². The van der Waals surface area contributed by atoms with Crippen molar-refractivity contribution < 1.29 is 14.4 Å². The Morgan fingerprint density at radius 2 is 1.09 bits per heavy atom. The summed E-state index contributed by atoms with van der Waals surface area (Å²) in [6.45, 7) is 0.935. The van der Waals surface area contributed by atoms with Crippen LogP contribution in [0.15, 0.2) is 119 Å². The molecule has 4 aromatic carbocycles. The normalized spacial score (nSPS) is 11.9. The largest absolute Gasteiger partial charge is 0.370 e. The zero-order valence-corrected chi connectivity index (χ0v) is 31.0. The highest BCUT2D eigenvalue weighted by atomic mass is 16.2. The van der Waals surface area contributed by atoms with E-state index in [2.05, 4.69) is 9.98 Å². The van der Waals surface area contributed by atoms with Crippen LogP contribution in [0.1, 0.15) is 56.1 Å². The summed E-state index contributed by atoms with van der Waals surface area (Å²) in [5.74, 6) is -1.27. The molecule has 1 amide bonds. The number of aliphatic imine (C=N–C) groups is 2. The van der Waals surface area contributed by atoms with E-state index in [1.54, 1.807) is 4.90 Å². The minimum absolute atomic E-state index is 0.0428. The minimum atomic E-state index is -0.805. The molecule has 284 valence electrons. The van der Waals surface area contributed by atoms with Gasteiger partial charge in [-0.3, -0.25) is 24.4 Å². The van der Waals surface area contributed by atoms with Crippen molar-refractivity contribution in [3.8, 4) is 22.3 Å². The number of ketones is 2. The summed E-state index contributed by atoms with van der Waals surface area (Å²) < 4.78 is 0. The molecule has 0 spiro atoms. The number of carbonyl (C=O) groups is 3. The number of guanidine groups is 2. The molecule has 0 saturated heterocycles. The summed E-state index contributed by atoms with van der Waals surface area (Å²) in [5, 5.41) is 0. The number of unbranched alkanes of at least 4 members (excludes halogenated alkanes) is 2. The van der Waals surface area contributed by atoms with Gasteiger partial charge in [0.2, 0.25) is 5.91 Å². The van der Waals surface area contributed by atoms with Crippen LogP contribution in [0.4, 0.5) is 0 Å². The van der Waals surface area contributed by atoms with Crippen LogP contribution in [0.5, 0.6) is 0 Å². The van der Waals surface area contributed by atoms with Gasteiger partial charge in [0.15, 0.2) is 23.5 Å². The van der Waals surface area contributed by atoms with Gasteiger partial charge >= 0.3 is 0 Å². The summed E-state index contributed by atoms with van der Waals surface area (Å²) in [6.07, 6.45) is 3.57. The van der Waals surface area contributed by atoms with Crippen molar-refractivity contribution in [2.75, 3.05) is 19.6 Å². The molecule has 4 rings (SSSR count). The number of Topliss-reactive ketones (excluding diaryl/α,β-unsaturated/α-hetero) is 2. The van der Waals surface area contributed by atoms with Gasteiger partial charge in [0.1, 0.15) is 0 Å². The Morgan fingerprint density at radius 1 is 0.593 bits per heavy atom. The number of carbonyl (C=O) groups excluding carboxylic acids is 3. The molecule has 0 unspecified atom stereocenters. The zero-order valence-electron chi connectivity index (χ0n) is 31.0. The molecular weight excluding hydrogens is 677 g/mol. The summed E-state index contributed by atoms with van der Waals surface area (Å²) in [6, 6.07) is 35.2. The quantitative estimate of drug-likeness (QED) is 0.0423. The van der Waals surface area contributed by atoms with Crippen molar-refractivity contribution in [2.45, 2.75) is 64.0 Å². The van der Waals surface area contributed by atoms with Crippen LogP contribution in [0, 0.1) is 5.92 Å². The van der Waals surface area contributed by atoms with E-state index in [9.17, 15) is 14.4 Å². The first-order chi connectivity index (χ1) is 26.1. The molecule has 0 radical (unpaired) electrons. The maximum Gasteiger partial charge on any atom is 0.226 e. The SMILES string of the molecule is NC(N)=NCCCCCC(=O)CN(Cc1ccc(-c2ccccc2)cc1)C(=O)[C@H](CCCN=C(N)N)CC(=O)[C@@H](N)Cc1ccc(-c2ccccc2)cc1. The molecular formula is C43H54N8O3. The molecule has 0 bridgehead atoms. The van der Waals surface area contributed by atoms with Gasteiger partial charge in [-0.15, -0.1) is 0 Å². The first-order valence-corrected chi connectivity index (χ1v) is 18.6. The molecule has 0 aliphatic carbocycles. The fourth-order valence-electron chi connectivity index (χ4n) is 6.32. The predicted octanol–water partition coefficient (Wildman–Crippen LogP) is 4.95. The van der Waals surface area contributed by atoms with E-state index in [1.165, 1.54) is 0 Å². The van der Waals surface area contributed by atoms with Crippen LogP contribution in [-0.4, -0.2) is 60.0 Å². The lowest BCUT2D eigenvalue weighted by molar-refractivity contribution is -0.141. The van der Waals surface area contributed by atoms with E-state index in [4.69, 9.17) is 28.7 Å². The van der Waals surface area contributed by atoms with Crippen LogP contribution in [0.25, 0.3) is 22.3 Å². The average molecular weight is 731 g/mol. The number of hydrogen-bond donors (Lipinski definition) is 5. The molecule has 2 atom stereocenters. The predicted molar refractivity (Wildman–Crippen MR) is 218 cm³/mol. The molecule has 0 aliphatic heterocycles. The average Bonchev–Trinajstić information content (AvgIpc) is 3.17. The topological polar surface area (TPSA) is 209 Å². The fourth-order valence-corrected chi connectivity index (χ4v) is 6.32. The summed E-state index contributed by atoms with van der Waals surface area (Å²) in [5.41, 5.74) is 34.5. The van der Waals surface area contributed by atoms with E-state index in [0.717, 1.165) is 46.2 Å². The van der Waals surface area contributed by atoms with Crippen molar-refractivity contribution in [1.82, 2.24) is 4.90 Å². The monoisotopic (exact) mass is 730 g/mol. The molecule has 0 heterocycles. The number of nitrogens with zero attached hydrogens (tertiary/aromatic N) is 3. The molecule has 11 nitrogen and oxygen atoms in total. The lowest BCUT2D eigenvalue weighted by atomic mass is 9.90. The van der Waals surface area contributed by atoms with Gasteiger partial charge in [-0.05, 0) is 65.5 Å². The third kappa shape index (κ3) is 14.0. The van der Waals surface area contributed by atoms with Crippen LogP contribution >= 0.6 is 0 Å². The molecule has 10 N–H and O–H groups in total. The van der Waals surface area contributed by atoms with Gasteiger partial charge in [0.25, 0.3) is 0 Å². The van der Waals surface area contributed by atoms with E-state index < -0.39 is 12.0 Å². The van der Waals surface area contributed by atoms with Crippen LogP contribution < -0.4 is 28.7 Å². The molecule has 0 aromatic heterocycles. The highest BCUT2D eigenvalue weighted by Gasteiger charge is 2.29. The standard InChI is InChI=1S/C43H54N8O3/c44-39(27-31-17-21-35(22-18-31)33-11-4-1-5-12-33)40(53)28-37(15-10-26-50-43(47)48)41(54)51(30-38(52)16-8-3-9-25-49-42(45)46)29-32-19-23-36(24-20-32)34-13-6-2-7-14-34/h1-2,4-7,11-14,17-24,37,39H,3,8-10,15-16,25-30,44H2,(H4,45,46,49)(H4,47,48,50)/t37-,39+/m1/s1. The lowest BCUT2D eigenvalue weighted by Crippen LogP contribution is -2.42. The number of hydrogen-bond acceptors (Lipinski definition) is 6. The van der Waals surface area contributed by atoms with E-state index in [-0.39, 0.29) is 48.9 Å². The summed E-state index contributed by atoms with van der Waals surface area (Å²) in [4.78, 5) is 51.1. The second-order valence-corrected chi connectivity index (χ2v) is 13.6. The molecule has 4 aromatic rings. The van der Waals surface area contributed by atoms with E-state index >= 15 is 0 Å². The zero-order chi connectivity index (χ0) is 38.7. The number of amides is 1. The van der Waals surface area contributed by atoms with Gasteiger partial charge in [-0.1, -0.05) is 116 Å². The number of rotatable bonds is 22. The minimum Gasteiger partial charge on any atom is -0.370 e. The number of nitrogens with two attached hydrogens (primary N) is 5. The molecule has 54 heavy (non-hydrogen) atoms. The van der Waals surface area contributed by atoms with Crippen molar-refractivity contribution >= 4 is 29.4 Å². The Kier molecular flexibility index (Phi) is 16.4. The van der Waals surface area contributed by atoms with Gasteiger partial charge < -0.3 is 33.6 Å². The fraction of sp³-hybridized carbons (Fsp3) is 0.326. The van der Waals surface area contributed by atoms with Crippen molar-refractivity contribution in [1.29, 1.82) is 0 Å². The van der Waals surface area contributed by atoms with Crippen LogP contribution in [0.3, 0.4) is 0 Å². The summed E-state index contributed by atoms with van der Waals surface area (Å²) >= 11 is 0. The van der Waals surface area contributed by atoms with E-state index in [1.807, 2.05) is 109 Å². The maximum atomic E-state index is 14.4. The Balaban J connectivity index is 1.49. The Bertz CT molecular complexity index is 1820. The third-order valence-electron chi connectivity index (χ3n) is 9.25. The molecule has 0 fully saturated rings. The first kappa shape index (κ1) is 41.0. The van der Waals surface area contributed by atoms with Crippen molar-refractivity contribution in [3.05, 3.63) is 120 Å². The van der Waals surface area contributed by atoms with Crippen LogP contribution in [0.2, 0.25) is 0 Å². The Labute approximate surface area is 318 Å². The second kappa shape index (κ2) is 21.7. The third-order valence-corrected chi connectivity index (χ3v) is 9.25. The molecule has 0 aliphatic rings. The lowest BCUT2D eigenvalue weighted by Gasteiger charge is -2.28. The highest BCUT2D eigenvalue weighted by molar-refractivity contribution is 5.92. The second-order valence-electron chi connectivity index (χ2n) is 13.6. The van der Waals surface area contributed by atoms with Gasteiger partial charge in [-0.2, -0.15) is 0 Å². The van der Waals surface area contributed by atoms with Crippen molar-refractivity contribution in [2.24, 2.45) is 44.6 Å². The van der Waals surface area contributed by atoms with Gasteiger partial charge in [-0.25, -0.2) is 0 Å². The van der Waals surface area contributed by atoms with Crippen molar-refractivity contribution in [3.63, 3.8) is 0 Å².